The SMILES string of the molecule is CCOc1cc([C@@H](CC(=O)O)NC(=O)OCc2ccccc2)ccc1OC. The lowest BCUT2D eigenvalue weighted by Gasteiger charge is -2.19. The molecule has 7 heteroatoms. The Morgan fingerprint density at radius 1 is 1.11 bits per heavy atom. The lowest BCUT2D eigenvalue weighted by Crippen LogP contribution is -2.30. The summed E-state index contributed by atoms with van der Waals surface area (Å²) in [4.78, 5) is 23.4. The number of carbonyl (C=O) groups excluding carboxylic acids is 1. The molecule has 0 aliphatic rings. The van der Waals surface area contributed by atoms with E-state index in [1.54, 1.807) is 18.2 Å². The molecule has 0 spiro atoms. The summed E-state index contributed by atoms with van der Waals surface area (Å²) in [5, 5.41) is 11.8. The molecule has 1 amide bonds. The summed E-state index contributed by atoms with van der Waals surface area (Å²) >= 11 is 0. The highest BCUT2D eigenvalue weighted by Crippen LogP contribution is 2.31. The molecule has 7 nitrogen and oxygen atoms in total. The topological polar surface area (TPSA) is 94.1 Å². The van der Waals surface area contributed by atoms with Crippen LogP contribution in [0.4, 0.5) is 4.79 Å². The normalized spacial score (nSPS) is 11.3. The van der Waals surface area contributed by atoms with E-state index in [9.17, 15) is 14.7 Å². The number of methoxy groups -OCH3 is 1. The van der Waals surface area contributed by atoms with Crippen molar-refractivity contribution < 1.29 is 28.9 Å². The number of carbonyl (C=O) groups is 2. The summed E-state index contributed by atoms with van der Waals surface area (Å²) in [7, 11) is 1.52. The van der Waals surface area contributed by atoms with Crippen LogP contribution >= 0.6 is 0 Å². The Morgan fingerprint density at radius 2 is 1.85 bits per heavy atom. The number of carboxylic acid groups (broad SMARTS) is 1. The highest BCUT2D eigenvalue weighted by Gasteiger charge is 2.20. The third kappa shape index (κ3) is 6.22. The fraction of sp³-hybridized carbons (Fsp3) is 0.300. The van der Waals surface area contributed by atoms with Crippen LogP contribution in [0.3, 0.4) is 0 Å². The van der Waals surface area contributed by atoms with Crippen LogP contribution in [0.25, 0.3) is 0 Å². The summed E-state index contributed by atoms with van der Waals surface area (Å²) in [6.07, 6.45) is -0.989. The number of alkyl carbamates (subject to hydrolysis) is 1. The van der Waals surface area contributed by atoms with E-state index in [1.807, 2.05) is 37.3 Å². The molecule has 0 fully saturated rings. The second-order valence-electron chi connectivity index (χ2n) is 5.70. The van der Waals surface area contributed by atoms with Crippen molar-refractivity contribution in [2.45, 2.75) is 26.0 Å². The second kappa shape index (κ2) is 10.1. The first kappa shape index (κ1) is 20.1. The molecule has 1 atom stereocenters. The van der Waals surface area contributed by atoms with Crippen LogP contribution in [0.2, 0.25) is 0 Å². The van der Waals surface area contributed by atoms with Gasteiger partial charge >= 0.3 is 12.1 Å². The van der Waals surface area contributed by atoms with E-state index in [-0.39, 0.29) is 13.0 Å². The molecule has 0 bridgehead atoms. The maximum atomic E-state index is 12.1. The molecular formula is C20H23NO6. The fourth-order valence-electron chi connectivity index (χ4n) is 2.51. The third-order valence-corrected chi connectivity index (χ3v) is 3.77. The van der Waals surface area contributed by atoms with Crippen LogP contribution in [0.1, 0.15) is 30.5 Å². The smallest absolute Gasteiger partial charge is 0.407 e. The van der Waals surface area contributed by atoms with Gasteiger partial charge in [0, 0.05) is 0 Å². The Bertz CT molecular complexity index is 762. The van der Waals surface area contributed by atoms with Crippen molar-refractivity contribution >= 4 is 12.1 Å². The van der Waals surface area contributed by atoms with Crippen molar-refractivity contribution in [3.8, 4) is 11.5 Å². The first-order valence-electron chi connectivity index (χ1n) is 8.53. The number of nitrogens with one attached hydrogen (secondary N) is 1. The molecule has 2 aromatic carbocycles. The van der Waals surface area contributed by atoms with Gasteiger partial charge in [0.05, 0.1) is 26.2 Å². The van der Waals surface area contributed by atoms with Crippen LogP contribution in [-0.2, 0) is 16.1 Å². The van der Waals surface area contributed by atoms with Crippen molar-refractivity contribution in [1.29, 1.82) is 0 Å². The maximum absolute atomic E-state index is 12.1. The van der Waals surface area contributed by atoms with Crippen molar-refractivity contribution in [3.05, 3.63) is 59.7 Å². The number of hydrogen-bond acceptors (Lipinski definition) is 5. The molecule has 27 heavy (non-hydrogen) atoms. The van der Waals surface area contributed by atoms with E-state index in [1.165, 1.54) is 7.11 Å². The summed E-state index contributed by atoms with van der Waals surface area (Å²) < 4.78 is 15.9. The van der Waals surface area contributed by atoms with Gasteiger partial charge in [0.2, 0.25) is 0 Å². The van der Waals surface area contributed by atoms with E-state index in [0.717, 1.165) is 5.56 Å². The second-order valence-corrected chi connectivity index (χ2v) is 5.70. The molecule has 2 rings (SSSR count). The first-order chi connectivity index (χ1) is 13.0. The van der Waals surface area contributed by atoms with Crippen LogP contribution in [0.5, 0.6) is 11.5 Å². The number of carboxylic acids is 1. The molecule has 0 aromatic heterocycles. The molecule has 0 aliphatic heterocycles. The van der Waals surface area contributed by atoms with Gasteiger partial charge in [0.25, 0.3) is 0 Å². The van der Waals surface area contributed by atoms with Crippen molar-refractivity contribution in [2.75, 3.05) is 13.7 Å². The lowest BCUT2D eigenvalue weighted by molar-refractivity contribution is -0.137. The largest absolute Gasteiger partial charge is 0.493 e. The summed E-state index contributed by atoms with van der Waals surface area (Å²) in [6, 6.07) is 13.5. The van der Waals surface area contributed by atoms with E-state index in [0.29, 0.717) is 23.7 Å². The minimum absolute atomic E-state index is 0.0965. The van der Waals surface area contributed by atoms with Crippen LogP contribution in [0, 0.1) is 0 Å². The Balaban J connectivity index is 2.11. The summed E-state index contributed by atoms with van der Waals surface area (Å²) in [5.74, 6) is -0.0363. The average Bonchev–Trinajstić information content (AvgIpc) is 2.66. The maximum Gasteiger partial charge on any atom is 0.407 e. The number of rotatable bonds is 9. The minimum atomic E-state index is -1.04. The predicted octanol–water partition coefficient (Wildman–Crippen LogP) is 3.54. The van der Waals surface area contributed by atoms with Gasteiger partial charge in [-0.25, -0.2) is 4.79 Å². The highest BCUT2D eigenvalue weighted by molar-refractivity contribution is 5.72. The van der Waals surface area contributed by atoms with Gasteiger partial charge in [-0.3, -0.25) is 4.79 Å². The number of hydrogen-bond donors (Lipinski definition) is 2. The quantitative estimate of drug-likeness (QED) is 0.698. The van der Waals surface area contributed by atoms with Crippen molar-refractivity contribution in [1.82, 2.24) is 5.32 Å². The van der Waals surface area contributed by atoms with Crippen LogP contribution < -0.4 is 14.8 Å². The molecular weight excluding hydrogens is 350 g/mol. The van der Waals surface area contributed by atoms with E-state index in [2.05, 4.69) is 5.32 Å². The van der Waals surface area contributed by atoms with Gasteiger partial charge in [0.1, 0.15) is 6.61 Å². The van der Waals surface area contributed by atoms with Crippen molar-refractivity contribution in [2.24, 2.45) is 0 Å². The predicted molar refractivity (Wildman–Crippen MR) is 98.9 cm³/mol. The van der Waals surface area contributed by atoms with Gasteiger partial charge < -0.3 is 24.6 Å². The van der Waals surface area contributed by atoms with Crippen LogP contribution in [0.15, 0.2) is 48.5 Å². The van der Waals surface area contributed by atoms with Gasteiger partial charge in [-0.05, 0) is 30.2 Å². The molecule has 0 saturated heterocycles. The molecule has 0 radical (unpaired) electrons. The van der Waals surface area contributed by atoms with Gasteiger partial charge in [-0.15, -0.1) is 0 Å². The molecule has 2 N–H and O–H groups in total. The molecule has 0 aliphatic carbocycles. The fourth-order valence-corrected chi connectivity index (χ4v) is 2.51. The standard InChI is InChI=1S/C20H23NO6/c1-3-26-18-11-15(9-10-17(18)25-2)16(12-19(22)23)21-20(24)27-13-14-7-5-4-6-8-14/h4-11,16H,3,12-13H2,1-2H3,(H,21,24)(H,22,23)/t16-/m1/s1. The average molecular weight is 373 g/mol. The summed E-state index contributed by atoms with van der Waals surface area (Å²) in [5.41, 5.74) is 1.42. The first-order valence-corrected chi connectivity index (χ1v) is 8.53. The number of ether oxygens (including phenoxy) is 3. The number of benzene rings is 2. The van der Waals surface area contributed by atoms with E-state index < -0.39 is 18.1 Å². The van der Waals surface area contributed by atoms with Gasteiger partial charge in [-0.1, -0.05) is 36.4 Å². The molecule has 2 aromatic rings. The monoisotopic (exact) mass is 373 g/mol. The Kier molecular flexibility index (Phi) is 7.49. The lowest BCUT2D eigenvalue weighted by atomic mass is 10.0. The zero-order chi connectivity index (χ0) is 19.6. The highest BCUT2D eigenvalue weighted by atomic mass is 16.5. The molecule has 0 saturated carbocycles. The zero-order valence-corrected chi connectivity index (χ0v) is 15.3. The van der Waals surface area contributed by atoms with Crippen molar-refractivity contribution in [3.63, 3.8) is 0 Å². The van der Waals surface area contributed by atoms with Crippen LogP contribution in [-0.4, -0.2) is 30.9 Å². The molecule has 0 unspecified atom stereocenters. The van der Waals surface area contributed by atoms with E-state index in [4.69, 9.17) is 14.2 Å². The molecule has 0 heterocycles. The summed E-state index contributed by atoms with van der Waals surface area (Å²) in [6.45, 7) is 2.36. The third-order valence-electron chi connectivity index (χ3n) is 3.77. The Labute approximate surface area is 157 Å². The minimum Gasteiger partial charge on any atom is -0.493 e. The zero-order valence-electron chi connectivity index (χ0n) is 15.3. The van der Waals surface area contributed by atoms with Gasteiger partial charge in [0.15, 0.2) is 11.5 Å². The Hall–Kier alpha value is -3.22. The van der Waals surface area contributed by atoms with Gasteiger partial charge in [-0.2, -0.15) is 0 Å². The molecule has 144 valence electrons. The van der Waals surface area contributed by atoms with E-state index >= 15 is 0 Å². The number of amides is 1. The Morgan fingerprint density at radius 3 is 2.48 bits per heavy atom. The number of aliphatic carboxylic acids is 1.